The molecular weight excluding hydrogens is 586 g/mol. The second-order valence-electron chi connectivity index (χ2n) is 10.5. The molecule has 2 aliphatic heterocycles. The van der Waals surface area contributed by atoms with Crippen LogP contribution in [-0.4, -0.2) is 123 Å². The molecule has 0 N–H and O–H groups in total. The molecule has 15 heteroatoms. The Balaban J connectivity index is 1.36. The number of pyridine rings is 2. The van der Waals surface area contributed by atoms with E-state index in [1.807, 2.05) is 0 Å². The number of morpholine rings is 2. The van der Waals surface area contributed by atoms with E-state index in [4.69, 9.17) is 23.7 Å². The summed E-state index contributed by atoms with van der Waals surface area (Å²) in [5, 5.41) is 0. The number of hydrogen-bond acceptors (Lipinski definition) is 9. The van der Waals surface area contributed by atoms with Gasteiger partial charge in [-0.2, -0.15) is 26.3 Å². The number of nitrogens with zero attached hydrogens (tertiary/aromatic N) is 4. The molecule has 0 aliphatic carbocycles. The van der Waals surface area contributed by atoms with E-state index in [0.717, 1.165) is 11.1 Å². The van der Waals surface area contributed by atoms with Crippen molar-refractivity contribution in [2.45, 2.75) is 49.6 Å². The van der Waals surface area contributed by atoms with E-state index in [9.17, 15) is 26.3 Å². The molecule has 0 saturated carbocycles. The predicted molar refractivity (Wildman–Crippen MR) is 142 cm³/mol. The molecule has 0 bridgehead atoms. The van der Waals surface area contributed by atoms with Gasteiger partial charge in [-0.3, -0.25) is 9.80 Å². The summed E-state index contributed by atoms with van der Waals surface area (Å²) >= 11 is 0. The first kappa shape index (κ1) is 33.2. The Morgan fingerprint density at radius 2 is 1.16 bits per heavy atom. The van der Waals surface area contributed by atoms with Gasteiger partial charge in [0.2, 0.25) is 11.8 Å². The Kier molecular flexibility index (Phi) is 11.5. The van der Waals surface area contributed by atoms with E-state index in [2.05, 4.69) is 9.97 Å². The number of ether oxygens (including phenoxy) is 5. The second kappa shape index (κ2) is 14.8. The molecule has 43 heavy (non-hydrogen) atoms. The van der Waals surface area contributed by atoms with Gasteiger partial charge in [0.05, 0.1) is 39.6 Å². The fraction of sp³-hybridized carbons (Fsp3) is 0.643. The number of aromatic nitrogens is 2. The maximum atomic E-state index is 14.1. The summed E-state index contributed by atoms with van der Waals surface area (Å²) in [5.41, 5.74) is 1.58. The Labute approximate surface area is 246 Å². The van der Waals surface area contributed by atoms with Gasteiger partial charge in [-0.05, 0) is 11.1 Å². The lowest BCUT2D eigenvalue weighted by atomic mass is 10.1. The second-order valence-corrected chi connectivity index (χ2v) is 10.5. The predicted octanol–water partition coefficient (Wildman–Crippen LogP) is 3.56. The molecular formula is C28H36F6N4O5. The number of methoxy groups -OCH3 is 2. The van der Waals surface area contributed by atoms with Crippen molar-refractivity contribution in [3.8, 4) is 11.8 Å². The molecule has 0 spiro atoms. The molecule has 2 aromatic heterocycles. The largest absolute Gasteiger partial charge is 0.481 e. The van der Waals surface area contributed by atoms with Crippen molar-refractivity contribution in [1.29, 1.82) is 0 Å². The minimum atomic E-state index is -5.01. The Morgan fingerprint density at radius 3 is 1.49 bits per heavy atom. The van der Waals surface area contributed by atoms with Gasteiger partial charge in [-0.15, -0.1) is 0 Å². The van der Waals surface area contributed by atoms with E-state index >= 15 is 0 Å². The van der Waals surface area contributed by atoms with Crippen molar-refractivity contribution in [2.75, 3.05) is 66.7 Å². The van der Waals surface area contributed by atoms with Gasteiger partial charge in [-0.1, -0.05) is 12.1 Å². The third-order valence-electron chi connectivity index (χ3n) is 7.29. The van der Waals surface area contributed by atoms with Gasteiger partial charge in [0.1, 0.15) is 0 Å². The smallest absolute Gasteiger partial charge is 0.415 e. The van der Waals surface area contributed by atoms with Crippen LogP contribution >= 0.6 is 0 Å². The van der Waals surface area contributed by atoms with E-state index in [0.29, 0.717) is 24.6 Å². The van der Waals surface area contributed by atoms with Crippen molar-refractivity contribution in [2.24, 2.45) is 0 Å². The van der Waals surface area contributed by atoms with Crippen LogP contribution in [0.25, 0.3) is 0 Å². The van der Waals surface area contributed by atoms with Crippen LogP contribution in [0, 0.1) is 0 Å². The average Bonchev–Trinajstić information content (AvgIpc) is 2.96. The van der Waals surface area contributed by atoms with Gasteiger partial charge in [0, 0.05) is 76.6 Å². The highest BCUT2D eigenvalue weighted by atomic mass is 19.4. The van der Waals surface area contributed by atoms with E-state index in [1.54, 1.807) is 36.7 Å². The molecule has 4 heterocycles. The van der Waals surface area contributed by atoms with Crippen LogP contribution < -0.4 is 9.47 Å². The van der Waals surface area contributed by atoms with Crippen molar-refractivity contribution < 1.29 is 50.0 Å². The highest BCUT2D eigenvalue weighted by molar-refractivity contribution is 5.19. The summed E-state index contributed by atoms with van der Waals surface area (Å²) in [6, 6.07) is 6.86. The zero-order chi connectivity index (χ0) is 31.0. The minimum Gasteiger partial charge on any atom is -0.481 e. The first-order valence-corrected chi connectivity index (χ1v) is 13.9. The van der Waals surface area contributed by atoms with Gasteiger partial charge in [-0.25, -0.2) is 9.97 Å². The third kappa shape index (κ3) is 10.2. The van der Waals surface area contributed by atoms with Crippen LogP contribution in [0.4, 0.5) is 26.3 Å². The molecule has 0 radical (unpaired) electrons. The van der Waals surface area contributed by atoms with Crippen molar-refractivity contribution in [1.82, 2.24) is 19.8 Å². The molecule has 2 aromatic rings. The van der Waals surface area contributed by atoms with Crippen LogP contribution in [0.15, 0.2) is 36.7 Å². The molecule has 2 saturated heterocycles. The number of halogens is 6. The normalized spacial score (nSPS) is 22.2. The molecule has 2 aliphatic rings. The monoisotopic (exact) mass is 622 g/mol. The molecule has 4 rings (SSSR count). The van der Waals surface area contributed by atoms with Crippen molar-refractivity contribution in [3.63, 3.8) is 0 Å². The Morgan fingerprint density at radius 1 is 0.744 bits per heavy atom. The zero-order valence-corrected chi connectivity index (χ0v) is 23.9. The first-order chi connectivity index (χ1) is 20.4. The standard InChI is InChI=1S/C28H36F6N4O5/c1-39-25-5-3-19(13-35-25)11-21-15-37(7-9-41-21)17-23(27(29,30)31)43-24(28(32,33)34)18-38-8-10-42-22(16-38)12-20-4-6-26(40-2)36-14-20/h3-6,13-14,21-24H,7-12,15-18H2,1-2H3/t21-,22-,23+,24+/m1/s1. The topological polar surface area (TPSA) is 78.4 Å². The molecule has 240 valence electrons. The fourth-order valence-corrected chi connectivity index (χ4v) is 5.08. The summed E-state index contributed by atoms with van der Waals surface area (Å²) in [5.74, 6) is 0.836. The summed E-state index contributed by atoms with van der Waals surface area (Å²) in [4.78, 5) is 11.1. The third-order valence-corrected chi connectivity index (χ3v) is 7.29. The molecule has 2 fully saturated rings. The maximum Gasteiger partial charge on any atom is 0.415 e. The molecule has 9 nitrogen and oxygen atoms in total. The summed E-state index contributed by atoms with van der Waals surface area (Å²) in [6.07, 6.45) is -12.3. The molecule has 0 amide bonds. The molecule has 0 aromatic carbocycles. The van der Waals surface area contributed by atoms with Gasteiger partial charge in [0.15, 0.2) is 12.2 Å². The van der Waals surface area contributed by atoms with Crippen LogP contribution in [0.5, 0.6) is 11.8 Å². The number of alkyl halides is 6. The molecule has 0 unspecified atom stereocenters. The zero-order valence-electron chi connectivity index (χ0n) is 23.9. The lowest BCUT2D eigenvalue weighted by Crippen LogP contribution is -2.55. The minimum absolute atomic E-state index is 0.101. The lowest BCUT2D eigenvalue weighted by Gasteiger charge is -2.38. The SMILES string of the molecule is COc1ccc(C[C@@H]2CN(C[C@H](O[C@@H](CN3CCO[C@H](Cc4ccc(OC)nc4)C3)C(F)(F)F)C(F)(F)F)CCO2)cn1. The Hall–Kier alpha value is -2.72. The summed E-state index contributed by atoms with van der Waals surface area (Å²) in [6.45, 7) is -0.737. The maximum absolute atomic E-state index is 14.1. The Bertz CT molecular complexity index is 1040. The number of rotatable bonds is 12. The van der Waals surface area contributed by atoms with Gasteiger partial charge < -0.3 is 23.7 Å². The average molecular weight is 623 g/mol. The fourth-order valence-electron chi connectivity index (χ4n) is 5.08. The van der Waals surface area contributed by atoms with Crippen molar-refractivity contribution >= 4 is 0 Å². The lowest BCUT2D eigenvalue weighted by molar-refractivity contribution is -0.292. The van der Waals surface area contributed by atoms with E-state index in [1.165, 1.54) is 24.0 Å². The highest BCUT2D eigenvalue weighted by Gasteiger charge is 2.50. The molecule has 4 atom stereocenters. The quantitative estimate of drug-likeness (QED) is 0.331. The first-order valence-electron chi connectivity index (χ1n) is 13.9. The number of hydrogen-bond donors (Lipinski definition) is 0. The van der Waals surface area contributed by atoms with Gasteiger partial charge >= 0.3 is 12.4 Å². The summed E-state index contributed by atoms with van der Waals surface area (Å²) in [7, 11) is 2.96. The van der Waals surface area contributed by atoms with Gasteiger partial charge in [0.25, 0.3) is 0 Å². The highest BCUT2D eigenvalue weighted by Crippen LogP contribution is 2.32. The van der Waals surface area contributed by atoms with Crippen LogP contribution in [0.2, 0.25) is 0 Å². The summed E-state index contributed by atoms with van der Waals surface area (Å²) < 4.78 is 111. The van der Waals surface area contributed by atoms with E-state index < -0.39 is 49.9 Å². The van der Waals surface area contributed by atoms with E-state index in [-0.39, 0.29) is 39.4 Å². The van der Waals surface area contributed by atoms with Crippen LogP contribution in [-0.2, 0) is 27.1 Å². The van der Waals surface area contributed by atoms with Crippen molar-refractivity contribution in [3.05, 3.63) is 47.8 Å². The van der Waals surface area contributed by atoms with Crippen LogP contribution in [0.1, 0.15) is 11.1 Å². The van der Waals surface area contributed by atoms with Crippen LogP contribution in [0.3, 0.4) is 0 Å².